The third-order valence-electron chi connectivity index (χ3n) is 2.55. The minimum absolute atomic E-state index is 0.350. The summed E-state index contributed by atoms with van der Waals surface area (Å²) < 4.78 is 0. The molecule has 1 aliphatic rings. The normalized spacial score (nSPS) is 22.2. The fraction of sp³-hybridized carbons (Fsp3) is 0.600. The number of nitrogens with zero attached hydrogens (tertiary/aromatic N) is 1. The van der Waals surface area contributed by atoms with E-state index in [9.17, 15) is 0 Å². The first-order valence-corrected chi connectivity index (χ1v) is 5.23. The second kappa shape index (κ2) is 2.57. The van der Waals surface area contributed by atoms with Crippen LogP contribution < -0.4 is 0 Å². The van der Waals surface area contributed by atoms with Gasteiger partial charge in [-0.1, -0.05) is 13.8 Å². The standard InChI is InChI=1S/C10H15NS/c1-10(2)7-11(3)6-9-8(10)4-5-12-9/h4-5H,6-7H2,1-3H3. The van der Waals surface area contributed by atoms with Gasteiger partial charge in [-0.25, -0.2) is 0 Å². The maximum Gasteiger partial charge on any atom is 0.0328 e. The average molecular weight is 181 g/mol. The van der Waals surface area contributed by atoms with Crippen molar-refractivity contribution in [3.63, 3.8) is 0 Å². The van der Waals surface area contributed by atoms with Crippen LogP contribution in [0.15, 0.2) is 11.4 Å². The molecule has 0 aromatic carbocycles. The molecule has 0 bridgehead atoms. The predicted molar refractivity (Wildman–Crippen MR) is 53.7 cm³/mol. The van der Waals surface area contributed by atoms with Crippen LogP contribution in [0.1, 0.15) is 24.3 Å². The topological polar surface area (TPSA) is 3.24 Å². The maximum atomic E-state index is 2.40. The van der Waals surface area contributed by atoms with Gasteiger partial charge in [0.15, 0.2) is 0 Å². The zero-order valence-electron chi connectivity index (χ0n) is 7.92. The molecule has 0 saturated heterocycles. The van der Waals surface area contributed by atoms with E-state index in [4.69, 9.17) is 0 Å². The molecular weight excluding hydrogens is 166 g/mol. The van der Waals surface area contributed by atoms with Gasteiger partial charge in [-0.3, -0.25) is 0 Å². The minimum Gasteiger partial charge on any atom is -0.300 e. The predicted octanol–water partition coefficient (Wildman–Crippen LogP) is 2.47. The summed E-state index contributed by atoms with van der Waals surface area (Å²) in [4.78, 5) is 3.95. The van der Waals surface area contributed by atoms with E-state index in [1.807, 2.05) is 11.3 Å². The Kier molecular flexibility index (Phi) is 1.77. The van der Waals surface area contributed by atoms with Crippen molar-refractivity contribution in [3.05, 3.63) is 21.9 Å². The molecule has 0 spiro atoms. The smallest absolute Gasteiger partial charge is 0.0328 e. The van der Waals surface area contributed by atoms with E-state index >= 15 is 0 Å². The molecule has 1 aromatic rings. The SMILES string of the molecule is CN1Cc2sccc2C(C)(C)C1. The summed E-state index contributed by atoms with van der Waals surface area (Å²) in [6.45, 7) is 6.97. The largest absolute Gasteiger partial charge is 0.300 e. The number of likely N-dealkylation sites (N-methyl/N-ethyl adjacent to an activating group) is 1. The maximum absolute atomic E-state index is 2.40. The summed E-state index contributed by atoms with van der Waals surface area (Å²) in [7, 11) is 2.20. The van der Waals surface area contributed by atoms with Gasteiger partial charge in [0.1, 0.15) is 0 Å². The van der Waals surface area contributed by atoms with Gasteiger partial charge in [0.05, 0.1) is 0 Å². The van der Waals surface area contributed by atoms with Gasteiger partial charge >= 0.3 is 0 Å². The Morgan fingerprint density at radius 3 is 3.00 bits per heavy atom. The Morgan fingerprint density at radius 1 is 1.50 bits per heavy atom. The highest BCUT2D eigenvalue weighted by Gasteiger charge is 2.30. The van der Waals surface area contributed by atoms with Crippen molar-refractivity contribution in [1.29, 1.82) is 0 Å². The molecule has 0 N–H and O–H groups in total. The molecule has 0 amide bonds. The van der Waals surface area contributed by atoms with Gasteiger partial charge in [0, 0.05) is 23.4 Å². The molecule has 0 saturated carbocycles. The van der Waals surface area contributed by atoms with Crippen LogP contribution in [0.2, 0.25) is 0 Å². The third-order valence-corrected chi connectivity index (χ3v) is 3.46. The molecule has 1 aromatic heterocycles. The molecule has 0 atom stereocenters. The first-order valence-electron chi connectivity index (χ1n) is 4.35. The fourth-order valence-electron chi connectivity index (χ4n) is 2.13. The van der Waals surface area contributed by atoms with Gasteiger partial charge in [0.2, 0.25) is 0 Å². The van der Waals surface area contributed by atoms with Crippen molar-refractivity contribution < 1.29 is 0 Å². The van der Waals surface area contributed by atoms with Gasteiger partial charge in [-0.15, -0.1) is 11.3 Å². The van der Waals surface area contributed by atoms with Crippen LogP contribution in [0.5, 0.6) is 0 Å². The van der Waals surface area contributed by atoms with E-state index in [1.165, 1.54) is 6.54 Å². The molecular formula is C10H15NS. The lowest BCUT2D eigenvalue weighted by Crippen LogP contribution is -2.38. The van der Waals surface area contributed by atoms with Crippen molar-refractivity contribution in [2.75, 3.05) is 13.6 Å². The highest BCUT2D eigenvalue weighted by Crippen LogP contribution is 2.35. The zero-order valence-corrected chi connectivity index (χ0v) is 8.74. The fourth-order valence-corrected chi connectivity index (χ4v) is 3.26. The Labute approximate surface area is 78.0 Å². The summed E-state index contributed by atoms with van der Waals surface area (Å²) in [5.74, 6) is 0. The highest BCUT2D eigenvalue weighted by molar-refractivity contribution is 7.10. The molecule has 2 heterocycles. The van der Waals surface area contributed by atoms with Crippen molar-refractivity contribution in [3.8, 4) is 0 Å². The van der Waals surface area contributed by atoms with Crippen LogP contribution in [0.4, 0.5) is 0 Å². The number of rotatable bonds is 0. The van der Waals surface area contributed by atoms with E-state index in [0.29, 0.717) is 5.41 Å². The average Bonchev–Trinajstić information content (AvgIpc) is 2.32. The van der Waals surface area contributed by atoms with Crippen molar-refractivity contribution in [1.82, 2.24) is 4.90 Å². The summed E-state index contributed by atoms with van der Waals surface area (Å²) in [5, 5.41) is 2.21. The second-order valence-electron chi connectivity index (χ2n) is 4.31. The van der Waals surface area contributed by atoms with Crippen molar-refractivity contribution >= 4 is 11.3 Å². The Balaban J connectivity index is 2.45. The quantitative estimate of drug-likeness (QED) is 0.594. The lowest BCUT2D eigenvalue weighted by Gasteiger charge is -2.36. The molecule has 0 aliphatic carbocycles. The minimum atomic E-state index is 0.350. The Hall–Kier alpha value is -0.340. The van der Waals surface area contributed by atoms with Crippen LogP contribution in [0.3, 0.4) is 0 Å². The van der Waals surface area contributed by atoms with Gasteiger partial charge in [-0.2, -0.15) is 0 Å². The zero-order chi connectivity index (χ0) is 8.77. The number of thiophene rings is 1. The molecule has 12 heavy (non-hydrogen) atoms. The first kappa shape index (κ1) is 8.27. The van der Waals surface area contributed by atoms with Gasteiger partial charge in [0.25, 0.3) is 0 Å². The number of hydrogen-bond donors (Lipinski definition) is 0. The van der Waals surface area contributed by atoms with E-state index in [1.54, 1.807) is 10.4 Å². The molecule has 2 heteroatoms. The monoisotopic (exact) mass is 181 g/mol. The molecule has 66 valence electrons. The Morgan fingerprint density at radius 2 is 2.25 bits per heavy atom. The van der Waals surface area contributed by atoms with Crippen LogP contribution in [0, 0.1) is 0 Å². The molecule has 1 nitrogen and oxygen atoms in total. The summed E-state index contributed by atoms with van der Waals surface area (Å²) in [6.07, 6.45) is 0. The van der Waals surface area contributed by atoms with E-state index in [0.717, 1.165) is 6.54 Å². The van der Waals surface area contributed by atoms with Crippen LogP contribution in [0.25, 0.3) is 0 Å². The molecule has 2 rings (SSSR count). The van der Waals surface area contributed by atoms with Crippen LogP contribution in [-0.4, -0.2) is 18.5 Å². The lowest BCUT2D eigenvalue weighted by atomic mass is 9.82. The third kappa shape index (κ3) is 1.19. The summed E-state index contributed by atoms with van der Waals surface area (Å²) in [6, 6.07) is 2.28. The molecule has 0 fully saturated rings. The second-order valence-corrected chi connectivity index (χ2v) is 5.31. The summed E-state index contributed by atoms with van der Waals surface area (Å²) >= 11 is 1.89. The first-order chi connectivity index (χ1) is 5.59. The molecule has 1 aliphatic heterocycles. The summed E-state index contributed by atoms with van der Waals surface area (Å²) in [5.41, 5.74) is 1.91. The van der Waals surface area contributed by atoms with Crippen LogP contribution in [-0.2, 0) is 12.0 Å². The van der Waals surface area contributed by atoms with E-state index in [2.05, 4.69) is 37.2 Å². The van der Waals surface area contributed by atoms with Crippen molar-refractivity contribution in [2.45, 2.75) is 25.8 Å². The van der Waals surface area contributed by atoms with Crippen LogP contribution >= 0.6 is 11.3 Å². The number of hydrogen-bond acceptors (Lipinski definition) is 2. The van der Waals surface area contributed by atoms with E-state index < -0.39 is 0 Å². The number of fused-ring (bicyclic) bond motifs is 1. The van der Waals surface area contributed by atoms with Gasteiger partial charge in [-0.05, 0) is 24.1 Å². The molecule has 0 radical (unpaired) electrons. The van der Waals surface area contributed by atoms with E-state index in [-0.39, 0.29) is 0 Å². The van der Waals surface area contributed by atoms with Crippen molar-refractivity contribution in [2.24, 2.45) is 0 Å². The van der Waals surface area contributed by atoms with Gasteiger partial charge < -0.3 is 4.90 Å². The molecule has 0 unspecified atom stereocenters. The Bertz CT molecular complexity index is 288. The lowest BCUT2D eigenvalue weighted by molar-refractivity contribution is 0.239. The highest BCUT2D eigenvalue weighted by atomic mass is 32.1.